The minimum absolute atomic E-state index is 0.0264. The third-order valence-electron chi connectivity index (χ3n) is 10.6. The number of piperazine rings is 1. The van der Waals surface area contributed by atoms with Crippen molar-refractivity contribution in [3.05, 3.63) is 89.4 Å². The first-order valence-corrected chi connectivity index (χ1v) is 18.8. The van der Waals surface area contributed by atoms with Crippen LogP contribution >= 0.6 is 0 Å². The molecule has 0 spiro atoms. The second-order valence-corrected chi connectivity index (χ2v) is 15.5. The fourth-order valence-electron chi connectivity index (χ4n) is 7.67. The van der Waals surface area contributed by atoms with E-state index in [1.165, 1.54) is 6.07 Å². The fraction of sp³-hybridized carbons (Fsp3) is 0.447. The molecule has 1 N–H and O–H groups in total. The van der Waals surface area contributed by atoms with Gasteiger partial charge in [0.05, 0.1) is 23.2 Å². The molecule has 268 valence electrons. The van der Waals surface area contributed by atoms with Gasteiger partial charge in [0.2, 0.25) is 5.91 Å². The Kier molecular flexibility index (Phi) is 10.5. The number of hydrogen-bond donors (Lipinski definition) is 1. The molecule has 12 heteroatoms. The molecule has 0 bridgehead atoms. The molecule has 3 aromatic carbocycles. The number of halogens is 1. The minimum atomic E-state index is -3.87. The van der Waals surface area contributed by atoms with Crippen molar-refractivity contribution in [2.75, 3.05) is 78.3 Å². The average molecular weight is 705 g/mol. The van der Waals surface area contributed by atoms with E-state index in [-0.39, 0.29) is 28.7 Å². The molecule has 2 aliphatic heterocycles. The Hall–Kier alpha value is -3.97. The highest BCUT2D eigenvalue weighted by Crippen LogP contribution is 2.40. The summed E-state index contributed by atoms with van der Waals surface area (Å²) in [5, 5.41) is 0.913. The molecular formula is C38H49FN6O4S. The number of hydrogen-bond acceptors (Lipinski definition) is 7. The summed E-state index contributed by atoms with van der Waals surface area (Å²) in [7, 11) is 1.67. The van der Waals surface area contributed by atoms with Gasteiger partial charge in [-0.25, -0.2) is 12.8 Å². The van der Waals surface area contributed by atoms with E-state index in [1.54, 1.807) is 56.2 Å². The molecule has 10 nitrogen and oxygen atoms in total. The van der Waals surface area contributed by atoms with Crippen molar-refractivity contribution in [3.63, 3.8) is 0 Å². The number of nitrogens with one attached hydrogen (secondary N) is 1. The Labute approximate surface area is 295 Å². The van der Waals surface area contributed by atoms with Gasteiger partial charge in [-0.15, -0.1) is 0 Å². The van der Waals surface area contributed by atoms with E-state index in [2.05, 4.69) is 32.5 Å². The molecule has 0 radical (unpaired) electrons. The van der Waals surface area contributed by atoms with Crippen LogP contribution in [0.25, 0.3) is 10.9 Å². The lowest BCUT2D eigenvalue weighted by atomic mass is 9.78. The van der Waals surface area contributed by atoms with Crippen LogP contribution in [0.5, 0.6) is 5.75 Å². The van der Waals surface area contributed by atoms with Crippen molar-refractivity contribution in [1.82, 2.24) is 24.2 Å². The highest BCUT2D eigenvalue weighted by atomic mass is 32.2. The zero-order valence-electron chi connectivity index (χ0n) is 29.8. The lowest BCUT2D eigenvalue weighted by molar-refractivity contribution is -0.130. The Morgan fingerprint density at radius 3 is 2.32 bits per heavy atom. The van der Waals surface area contributed by atoms with Gasteiger partial charge in [-0.05, 0) is 98.3 Å². The van der Waals surface area contributed by atoms with Crippen LogP contribution in [-0.4, -0.2) is 112 Å². The number of piperidine rings is 1. The molecule has 3 heterocycles. The fourth-order valence-corrected chi connectivity index (χ4v) is 9.18. The zero-order chi connectivity index (χ0) is 35.6. The molecule has 2 aliphatic rings. The van der Waals surface area contributed by atoms with Crippen molar-refractivity contribution in [2.45, 2.75) is 43.7 Å². The van der Waals surface area contributed by atoms with Gasteiger partial charge in [-0.1, -0.05) is 18.2 Å². The number of rotatable bonds is 11. The quantitative estimate of drug-likeness (QED) is 0.238. The van der Waals surface area contributed by atoms with Crippen LogP contribution in [0, 0.1) is 19.7 Å². The smallest absolute Gasteiger partial charge is 0.262 e. The van der Waals surface area contributed by atoms with Gasteiger partial charge in [0, 0.05) is 71.1 Å². The Morgan fingerprint density at radius 1 is 0.960 bits per heavy atom. The molecular weight excluding hydrogens is 656 g/mol. The summed E-state index contributed by atoms with van der Waals surface area (Å²) in [4.78, 5) is 22.7. The Bertz CT molecular complexity index is 1920. The number of anilines is 1. The van der Waals surface area contributed by atoms with Gasteiger partial charge in [0.1, 0.15) is 18.1 Å². The standard InChI is InChI=1S/C38H49FN6O4S/c1-28-23-34(49-5)24-29(2)37(28)50(47,48)40-33-10-9-30-11-14-44(35(30)26-33)27-36(46)42(4)19-20-43-15-12-38(13-16-43,31-7-6-8-32(39)25-31)45-21-17-41(3)18-22-45/h6-11,14,23-26,40H,12-13,15-22,27H2,1-5H3. The summed E-state index contributed by atoms with van der Waals surface area (Å²) >= 11 is 0. The number of likely N-dealkylation sites (N-methyl/N-ethyl adjacent to an activating group) is 2. The summed E-state index contributed by atoms with van der Waals surface area (Å²) in [6.45, 7) is 10.7. The number of aromatic nitrogens is 1. The van der Waals surface area contributed by atoms with Crippen LogP contribution in [0.2, 0.25) is 0 Å². The van der Waals surface area contributed by atoms with Crippen LogP contribution in [0.1, 0.15) is 29.5 Å². The van der Waals surface area contributed by atoms with Gasteiger partial charge in [0.25, 0.3) is 10.0 Å². The molecule has 2 saturated heterocycles. The highest BCUT2D eigenvalue weighted by molar-refractivity contribution is 7.92. The highest BCUT2D eigenvalue weighted by Gasteiger charge is 2.42. The number of aryl methyl sites for hydroxylation is 2. The topological polar surface area (TPSA) is 90.4 Å². The average Bonchev–Trinajstić information content (AvgIpc) is 3.48. The van der Waals surface area contributed by atoms with Gasteiger partial charge < -0.3 is 24.0 Å². The predicted molar refractivity (Wildman–Crippen MR) is 196 cm³/mol. The molecule has 0 aliphatic carbocycles. The van der Waals surface area contributed by atoms with Crippen molar-refractivity contribution in [3.8, 4) is 5.75 Å². The first kappa shape index (κ1) is 35.8. The van der Waals surface area contributed by atoms with Crippen LogP contribution in [0.3, 0.4) is 0 Å². The van der Waals surface area contributed by atoms with Crippen molar-refractivity contribution in [2.24, 2.45) is 0 Å². The number of methoxy groups -OCH3 is 1. The summed E-state index contributed by atoms with van der Waals surface area (Å²) in [5.74, 6) is 0.389. The molecule has 6 rings (SSSR count). The first-order chi connectivity index (χ1) is 23.9. The van der Waals surface area contributed by atoms with E-state index in [1.807, 2.05) is 36.0 Å². The van der Waals surface area contributed by atoms with Crippen LogP contribution in [0.4, 0.5) is 10.1 Å². The van der Waals surface area contributed by atoms with Gasteiger partial charge in [-0.3, -0.25) is 14.4 Å². The van der Waals surface area contributed by atoms with Crippen molar-refractivity contribution in [1.29, 1.82) is 0 Å². The van der Waals surface area contributed by atoms with E-state index < -0.39 is 10.0 Å². The number of ether oxygens (including phenoxy) is 1. The van der Waals surface area contributed by atoms with E-state index in [9.17, 15) is 17.6 Å². The maximum absolute atomic E-state index is 14.4. The second-order valence-electron chi connectivity index (χ2n) is 13.9. The zero-order valence-corrected chi connectivity index (χ0v) is 30.6. The molecule has 50 heavy (non-hydrogen) atoms. The Morgan fingerprint density at radius 2 is 1.66 bits per heavy atom. The van der Waals surface area contributed by atoms with Gasteiger partial charge >= 0.3 is 0 Å². The van der Waals surface area contributed by atoms with Gasteiger partial charge in [-0.2, -0.15) is 0 Å². The Balaban J connectivity index is 1.08. The van der Waals surface area contributed by atoms with E-state index in [4.69, 9.17) is 4.74 Å². The number of fused-ring (bicyclic) bond motifs is 1. The van der Waals surface area contributed by atoms with Crippen molar-refractivity contribution < 1.29 is 22.3 Å². The number of carbonyl (C=O) groups excluding carboxylic acids is 1. The number of sulfonamides is 1. The molecule has 0 saturated carbocycles. The molecule has 0 unspecified atom stereocenters. The van der Waals surface area contributed by atoms with Crippen LogP contribution in [0.15, 0.2) is 71.8 Å². The predicted octanol–water partition coefficient (Wildman–Crippen LogP) is 4.90. The van der Waals surface area contributed by atoms with E-state index in [0.29, 0.717) is 29.1 Å². The van der Waals surface area contributed by atoms with E-state index in [0.717, 1.165) is 75.1 Å². The third-order valence-corrected chi connectivity index (χ3v) is 12.3. The summed E-state index contributed by atoms with van der Waals surface area (Å²) in [6, 6.07) is 17.8. The maximum Gasteiger partial charge on any atom is 0.262 e. The normalized spacial score (nSPS) is 17.6. The lowest BCUT2D eigenvalue weighted by Gasteiger charge is -2.51. The summed E-state index contributed by atoms with van der Waals surface area (Å²) < 4.78 is 51.2. The number of carbonyl (C=O) groups is 1. The SMILES string of the molecule is COc1cc(C)c(S(=O)(=O)Nc2ccc3ccn(CC(=O)N(C)CCN4CCC(c5cccc(F)c5)(N5CCN(C)CC5)CC4)c3c2)c(C)c1. The van der Waals surface area contributed by atoms with Gasteiger partial charge in [0.15, 0.2) is 0 Å². The monoisotopic (exact) mass is 704 g/mol. The largest absolute Gasteiger partial charge is 0.497 e. The summed E-state index contributed by atoms with van der Waals surface area (Å²) in [6.07, 6.45) is 3.69. The second kappa shape index (κ2) is 14.7. The molecule has 1 amide bonds. The molecule has 1 aromatic heterocycles. The number of likely N-dealkylation sites (tertiary alicyclic amines) is 1. The first-order valence-electron chi connectivity index (χ1n) is 17.3. The third kappa shape index (κ3) is 7.53. The molecule has 4 aromatic rings. The molecule has 2 fully saturated rings. The number of benzene rings is 3. The number of nitrogens with zero attached hydrogens (tertiary/aromatic N) is 5. The number of amides is 1. The summed E-state index contributed by atoms with van der Waals surface area (Å²) in [5.41, 5.74) is 3.26. The lowest BCUT2D eigenvalue weighted by Crippen LogP contribution is -2.58. The maximum atomic E-state index is 14.4. The van der Waals surface area contributed by atoms with Crippen LogP contribution < -0.4 is 9.46 Å². The van der Waals surface area contributed by atoms with Crippen LogP contribution in [-0.2, 0) is 26.9 Å². The minimum Gasteiger partial charge on any atom is -0.497 e. The van der Waals surface area contributed by atoms with E-state index >= 15 is 0 Å². The van der Waals surface area contributed by atoms with Crippen molar-refractivity contribution >= 4 is 32.5 Å². The molecule has 0 atom stereocenters.